The van der Waals surface area contributed by atoms with Crippen LogP contribution in [-0.4, -0.2) is 21.0 Å². The van der Waals surface area contributed by atoms with Crippen LogP contribution in [0.15, 0.2) is 16.8 Å². The van der Waals surface area contributed by atoms with Crippen molar-refractivity contribution in [3.63, 3.8) is 0 Å². The summed E-state index contributed by atoms with van der Waals surface area (Å²) in [7, 11) is 0. The molecule has 1 atom stereocenters. The molecule has 0 radical (unpaired) electrons. The number of hydrogen-bond acceptors (Lipinski definition) is 6. The quantitative estimate of drug-likeness (QED) is 0.865. The molecule has 0 saturated heterocycles. The molecule has 0 amide bonds. The van der Waals surface area contributed by atoms with Gasteiger partial charge in [0.05, 0.1) is 0 Å². The highest BCUT2D eigenvalue weighted by Crippen LogP contribution is 2.11. The predicted octanol–water partition coefficient (Wildman–Crippen LogP) is 2.26. The second-order valence-corrected chi connectivity index (χ2v) is 5.06. The van der Waals surface area contributed by atoms with Crippen LogP contribution in [0.4, 0.5) is 11.9 Å². The normalized spacial score (nSPS) is 12.3. The SMILES string of the molecule is Cc1nc(N)nc(NC(C)CCc2ccsc2)n1. The van der Waals surface area contributed by atoms with Gasteiger partial charge < -0.3 is 11.1 Å². The molecule has 2 heterocycles. The Labute approximate surface area is 111 Å². The largest absolute Gasteiger partial charge is 0.368 e. The van der Waals surface area contributed by atoms with E-state index in [9.17, 15) is 0 Å². The zero-order chi connectivity index (χ0) is 13.0. The Bertz CT molecular complexity index is 477. The Kier molecular flexibility index (Phi) is 4.09. The summed E-state index contributed by atoms with van der Waals surface area (Å²) in [5.41, 5.74) is 6.96. The number of nitrogens with one attached hydrogen (secondary N) is 1. The lowest BCUT2D eigenvalue weighted by Gasteiger charge is -2.13. The fraction of sp³-hybridized carbons (Fsp3) is 0.417. The Hall–Kier alpha value is -1.69. The van der Waals surface area contributed by atoms with E-state index in [1.165, 1.54) is 5.56 Å². The highest BCUT2D eigenvalue weighted by atomic mass is 32.1. The molecule has 0 aliphatic rings. The third-order valence-electron chi connectivity index (χ3n) is 2.59. The fourth-order valence-corrected chi connectivity index (χ4v) is 2.38. The number of nitrogen functional groups attached to an aromatic ring is 1. The van der Waals surface area contributed by atoms with Crippen molar-refractivity contribution in [1.82, 2.24) is 15.0 Å². The number of nitrogens with two attached hydrogens (primary N) is 1. The zero-order valence-corrected chi connectivity index (χ0v) is 11.4. The van der Waals surface area contributed by atoms with Gasteiger partial charge in [-0.25, -0.2) is 0 Å². The molecule has 0 aliphatic carbocycles. The third kappa shape index (κ3) is 3.66. The van der Waals surface area contributed by atoms with Gasteiger partial charge in [0, 0.05) is 6.04 Å². The van der Waals surface area contributed by atoms with Crippen molar-refractivity contribution in [3.8, 4) is 0 Å². The number of aromatic nitrogens is 3. The minimum atomic E-state index is 0.259. The van der Waals surface area contributed by atoms with E-state index < -0.39 is 0 Å². The molecule has 6 heteroatoms. The summed E-state index contributed by atoms with van der Waals surface area (Å²) in [5, 5.41) is 7.53. The van der Waals surface area contributed by atoms with E-state index in [0.29, 0.717) is 17.8 Å². The molecule has 0 spiro atoms. The van der Waals surface area contributed by atoms with E-state index in [-0.39, 0.29) is 5.95 Å². The van der Waals surface area contributed by atoms with Gasteiger partial charge in [0.15, 0.2) is 0 Å². The van der Waals surface area contributed by atoms with Crippen LogP contribution in [-0.2, 0) is 6.42 Å². The average Bonchev–Trinajstić information content (AvgIpc) is 2.77. The Morgan fingerprint density at radius 1 is 1.39 bits per heavy atom. The number of aryl methyl sites for hydroxylation is 2. The van der Waals surface area contributed by atoms with Gasteiger partial charge in [0.1, 0.15) is 5.82 Å². The number of hydrogen-bond donors (Lipinski definition) is 2. The first-order valence-electron chi connectivity index (χ1n) is 5.89. The Morgan fingerprint density at radius 2 is 2.22 bits per heavy atom. The lowest BCUT2D eigenvalue weighted by Crippen LogP contribution is -2.19. The average molecular weight is 263 g/mol. The van der Waals surface area contributed by atoms with Crippen molar-refractivity contribution < 1.29 is 0 Å². The van der Waals surface area contributed by atoms with Crippen molar-refractivity contribution in [2.75, 3.05) is 11.1 Å². The van der Waals surface area contributed by atoms with Crippen LogP contribution in [0.25, 0.3) is 0 Å². The van der Waals surface area contributed by atoms with E-state index in [1.807, 2.05) is 0 Å². The number of rotatable bonds is 5. The van der Waals surface area contributed by atoms with Crippen molar-refractivity contribution in [1.29, 1.82) is 0 Å². The minimum absolute atomic E-state index is 0.259. The van der Waals surface area contributed by atoms with Crippen molar-refractivity contribution in [3.05, 3.63) is 28.2 Å². The van der Waals surface area contributed by atoms with Gasteiger partial charge in [-0.15, -0.1) is 0 Å². The maximum atomic E-state index is 5.59. The smallest absolute Gasteiger partial charge is 0.227 e. The zero-order valence-electron chi connectivity index (χ0n) is 10.6. The van der Waals surface area contributed by atoms with Crippen molar-refractivity contribution >= 4 is 23.2 Å². The third-order valence-corrected chi connectivity index (χ3v) is 3.32. The van der Waals surface area contributed by atoms with E-state index in [4.69, 9.17) is 5.73 Å². The first kappa shape index (κ1) is 12.8. The molecule has 0 bridgehead atoms. The molecule has 2 aromatic heterocycles. The van der Waals surface area contributed by atoms with Gasteiger partial charge in [-0.05, 0) is 49.1 Å². The molecular weight excluding hydrogens is 246 g/mol. The lowest BCUT2D eigenvalue weighted by molar-refractivity contribution is 0.698. The van der Waals surface area contributed by atoms with Crippen LogP contribution in [0.1, 0.15) is 24.7 Å². The van der Waals surface area contributed by atoms with Crippen LogP contribution >= 0.6 is 11.3 Å². The lowest BCUT2D eigenvalue weighted by atomic mass is 10.1. The number of thiophene rings is 1. The van der Waals surface area contributed by atoms with Gasteiger partial charge >= 0.3 is 0 Å². The van der Waals surface area contributed by atoms with Gasteiger partial charge in [-0.2, -0.15) is 26.3 Å². The van der Waals surface area contributed by atoms with Gasteiger partial charge in [0.25, 0.3) is 0 Å². The highest BCUT2D eigenvalue weighted by molar-refractivity contribution is 7.07. The van der Waals surface area contributed by atoms with Crippen molar-refractivity contribution in [2.24, 2.45) is 0 Å². The monoisotopic (exact) mass is 263 g/mol. The molecule has 0 aromatic carbocycles. The van der Waals surface area contributed by atoms with Crippen LogP contribution in [0, 0.1) is 6.92 Å². The molecule has 0 aliphatic heterocycles. The van der Waals surface area contributed by atoms with E-state index in [1.54, 1.807) is 18.3 Å². The molecule has 1 unspecified atom stereocenters. The summed E-state index contributed by atoms with van der Waals surface area (Å²) in [5.74, 6) is 1.45. The molecule has 2 rings (SSSR count). The summed E-state index contributed by atoms with van der Waals surface area (Å²) < 4.78 is 0. The summed E-state index contributed by atoms with van der Waals surface area (Å²) in [6, 6.07) is 2.45. The van der Waals surface area contributed by atoms with Gasteiger partial charge in [0.2, 0.25) is 11.9 Å². The maximum Gasteiger partial charge on any atom is 0.227 e. The summed E-state index contributed by atoms with van der Waals surface area (Å²) in [6.45, 7) is 3.92. The van der Waals surface area contributed by atoms with Crippen molar-refractivity contribution in [2.45, 2.75) is 32.7 Å². The summed E-state index contributed by atoms with van der Waals surface area (Å²) in [6.07, 6.45) is 2.08. The van der Waals surface area contributed by atoms with Crippen LogP contribution in [0.5, 0.6) is 0 Å². The van der Waals surface area contributed by atoms with Crippen LogP contribution in [0.2, 0.25) is 0 Å². The van der Waals surface area contributed by atoms with Crippen LogP contribution in [0.3, 0.4) is 0 Å². The van der Waals surface area contributed by atoms with E-state index >= 15 is 0 Å². The topological polar surface area (TPSA) is 76.7 Å². The second-order valence-electron chi connectivity index (χ2n) is 4.28. The fourth-order valence-electron chi connectivity index (χ4n) is 1.68. The standard InChI is InChI=1S/C12H17N5S/c1-8(3-4-10-5-6-18-7-10)14-12-16-9(2)15-11(13)17-12/h5-8H,3-4H2,1-2H3,(H3,13,14,15,16,17). The molecule has 0 saturated carbocycles. The van der Waals surface area contributed by atoms with Crippen LogP contribution < -0.4 is 11.1 Å². The molecule has 96 valence electrons. The first-order chi connectivity index (χ1) is 8.63. The molecule has 5 nitrogen and oxygen atoms in total. The molecule has 3 N–H and O–H groups in total. The summed E-state index contributed by atoms with van der Waals surface area (Å²) >= 11 is 1.73. The first-order valence-corrected chi connectivity index (χ1v) is 6.83. The van der Waals surface area contributed by atoms with Gasteiger partial charge in [-0.1, -0.05) is 0 Å². The number of anilines is 2. The molecule has 2 aromatic rings. The minimum Gasteiger partial charge on any atom is -0.368 e. The molecule has 0 fully saturated rings. The number of nitrogens with zero attached hydrogens (tertiary/aromatic N) is 3. The summed E-state index contributed by atoms with van der Waals surface area (Å²) in [4.78, 5) is 12.2. The Balaban J connectivity index is 1.88. The molecule has 18 heavy (non-hydrogen) atoms. The van der Waals surface area contributed by atoms with E-state index in [2.05, 4.69) is 44.0 Å². The van der Waals surface area contributed by atoms with Gasteiger partial charge in [-0.3, -0.25) is 0 Å². The predicted molar refractivity (Wildman–Crippen MR) is 74.7 cm³/mol. The highest BCUT2D eigenvalue weighted by Gasteiger charge is 2.06. The molecular formula is C12H17N5S. The van der Waals surface area contributed by atoms with E-state index in [0.717, 1.165) is 12.8 Å². The Morgan fingerprint density at radius 3 is 2.89 bits per heavy atom. The second kappa shape index (κ2) is 5.77. The maximum absolute atomic E-state index is 5.59.